The zero-order chi connectivity index (χ0) is 21.1. The topological polar surface area (TPSA) is 49.4 Å². The lowest BCUT2D eigenvalue weighted by Gasteiger charge is -2.26. The summed E-state index contributed by atoms with van der Waals surface area (Å²) in [6.45, 7) is 2.01. The molecule has 0 aliphatic carbocycles. The SMILES string of the molecule is Cc1ccccc1N1C(=O)CSC1c1ccc(NC(=O)C(Cl)c2ccccc2)cc1. The van der Waals surface area contributed by atoms with Gasteiger partial charge in [0.1, 0.15) is 10.8 Å². The highest BCUT2D eigenvalue weighted by Crippen LogP contribution is 2.42. The molecule has 1 saturated heterocycles. The largest absolute Gasteiger partial charge is 0.325 e. The van der Waals surface area contributed by atoms with Gasteiger partial charge in [0.15, 0.2) is 0 Å². The second kappa shape index (κ2) is 8.94. The summed E-state index contributed by atoms with van der Waals surface area (Å²) in [5, 5.41) is 2.01. The molecule has 2 amide bonds. The van der Waals surface area contributed by atoms with Crippen LogP contribution in [0.3, 0.4) is 0 Å². The van der Waals surface area contributed by atoms with Crippen molar-refractivity contribution in [1.29, 1.82) is 0 Å². The van der Waals surface area contributed by atoms with Gasteiger partial charge in [-0.15, -0.1) is 23.4 Å². The lowest BCUT2D eigenvalue weighted by molar-refractivity contribution is -0.116. The first-order chi connectivity index (χ1) is 14.5. The van der Waals surface area contributed by atoms with Crippen LogP contribution in [0.2, 0.25) is 0 Å². The molecule has 1 aliphatic heterocycles. The summed E-state index contributed by atoms with van der Waals surface area (Å²) in [6, 6.07) is 24.7. The number of amides is 2. The van der Waals surface area contributed by atoms with E-state index in [1.807, 2.05) is 90.7 Å². The van der Waals surface area contributed by atoms with Crippen LogP contribution in [0.25, 0.3) is 0 Å². The molecule has 1 fully saturated rings. The number of alkyl halides is 1. The van der Waals surface area contributed by atoms with Gasteiger partial charge in [0.05, 0.1) is 5.75 Å². The van der Waals surface area contributed by atoms with Gasteiger partial charge in [-0.1, -0.05) is 60.7 Å². The lowest BCUT2D eigenvalue weighted by atomic mass is 10.1. The van der Waals surface area contributed by atoms with Crippen LogP contribution in [0, 0.1) is 6.92 Å². The van der Waals surface area contributed by atoms with Crippen molar-refractivity contribution in [3.63, 3.8) is 0 Å². The Morgan fingerprint density at radius 3 is 2.40 bits per heavy atom. The number of aryl methyl sites for hydroxylation is 1. The zero-order valence-corrected chi connectivity index (χ0v) is 18.0. The van der Waals surface area contributed by atoms with Crippen molar-refractivity contribution in [2.45, 2.75) is 17.7 Å². The van der Waals surface area contributed by atoms with Gasteiger partial charge in [-0.2, -0.15) is 0 Å². The highest BCUT2D eigenvalue weighted by Gasteiger charge is 2.34. The van der Waals surface area contributed by atoms with Crippen LogP contribution in [0.1, 0.15) is 27.4 Å². The van der Waals surface area contributed by atoms with Crippen LogP contribution in [-0.4, -0.2) is 17.6 Å². The van der Waals surface area contributed by atoms with E-state index in [0.29, 0.717) is 11.4 Å². The van der Waals surface area contributed by atoms with Gasteiger partial charge in [0, 0.05) is 11.4 Å². The maximum Gasteiger partial charge on any atom is 0.246 e. The molecule has 2 unspecified atom stereocenters. The molecule has 2 atom stereocenters. The average molecular weight is 437 g/mol. The third-order valence-corrected chi connectivity index (χ3v) is 6.69. The number of nitrogens with one attached hydrogen (secondary N) is 1. The molecule has 1 aliphatic rings. The number of carbonyl (C=O) groups excluding carboxylic acids is 2. The molecule has 0 spiro atoms. The Balaban J connectivity index is 1.50. The minimum absolute atomic E-state index is 0.0894. The molecule has 3 aromatic carbocycles. The summed E-state index contributed by atoms with van der Waals surface area (Å²) in [6.07, 6.45) is 0. The fourth-order valence-electron chi connectivity index (χ4n) is 3.47. The van der Waals surface area contributed by atoms with Gasteiger partial charge in [0.2, 0.25) is 11.8 Å². The Kier molecular flexibility index (Phi) is 6.11. The lowest BCUT2D eigenvalue weighted by Crippen LogP contribution is -2.28. The van der Waals surface area contributed by atoms with Gasteiger partial charge in [0.25, 0.3) is 0 Å². The number of hydrogen-bond acceptors (Lipinski definition) is 3. The quantitative estimate of drug-likeness (QED) is 0.522. The number of anilines is 2. The van der Waals surface area contributed by atoms with E-state index in [1.54, 1.807) is 11.8 Å². The molecule has 1 heterocycles. The van der Waals surface area contributed by atoms with E-state index >= 15 is 0 Å². The predicted octanol–water partition coefficient (Wildman–Crippen LogP) is 5.69. The van der Waals surface area contributed by atoms with Crippen LogP contribution in [0.15, 0.2) is 78.9 Å². The number of hydrogen-bond donors (Lipinski definition) is 1. The molecule has 4 nitrogen and oxygen atoms in total. The molecule has 0 bridgehead atoms. The molecule has 0 aromatic heterocycles. The third kappa shape index (κ3) is 4.23. The highest BCUT2D eigenvalue weighted by atomic mass is 35.5. The highest BCUT2D eigenvalue weighted by molar-refractivity contribution is 8.00. The Labute approximate surface area is 185 Å². The third-order valence-electron chi connectivity index (χ3n) is 5.03. The summed E-state index contributed by atoms with van der Waals surface area (Å²) in [5.74, 6) is 0.273. The first kappa shape index (κ1) is 20.5. The maximum absolute atomic E-state index is 12.6. The molecule has 1 N–H and O–H groups in total. The summed E-state index contributed by atoms with van der Waals surface area (Å²) < 4.78 is 0. The van der Waals surface area contributed by atoms with Gasteiger partial charge in [-0.05, 0) is 41.8 Å². The van der Waals surface area contributed by atoms with E-state index in [0.717, 1.165) is 22.4 Å². The normalized spacial score (nSPS) is 17.1. The molecule has 0 saturated carbocycles. The monoisotopic (exact) mass is 436 g/mol. The smallest absolute Gasteiger partial charge is 0.246 e. The van der Waals surface area contributed by atoms with Gasteiger partial charge in [-0.25, -0.2) is 0 Å². The van der Waals surface area contributed by atoms with Crippen molar-refractivity contribution < 1.29 is 9.59 Å². The fourth-order valence-corrected chi connectivity index (χ4v) is 4.84. The molecule has 152 valence electrons. The molecular formula is C24H21ClN2O2S. The maximum atomic E-state index is 12.6. The van der Waals surface area contributed by atoms with Gasteiger partial charge in [-0.3, -0.25) is 14.5 Å². The number of benzene rings is 3. The molecule has 0 radical (unpaired) electrons. The number of nitrogens with zero attached hydrogens (tertiary/aromatic N) is 1. The van der Waals surface area contributed by atoms with E-state index in [2.05, 4.69) is 5.32 Å². The minimum atomic E-state index is -0.759. The Bertz CT molecular complexity index is 1060. The van der Waals surface area contributed by atoms with Gasteiger partial charge < -0.3 is 5.32 Å². The van der Waals surface area contributed by atoms with Crippen LogP contribution >= 0.6 is 23.4 Å². The van der Waals surface area contributed by atoms with Crippen molar-refractivity contribution in [2.24, 2.45) is 0 Å². The van der Waals surface area contributed by atoms with Crippen molar-refractivity contribution in [3.8, 4) is 0 Å². The molecule has 6 heteroatoms. The summed E-state index contributed by atoms with van der Waals surface area (Å²) in [4.78, 5) is 26.9. The van der Waals surface area contributed by atoms with Crippen molar-refractivity contribution in [3.05, 3.63) is 95.6 Å². The Morgan fingerprint density at radius 1 is 1.03 bits per heavy atom. The van der Waals surface area contributed by atoms with Crippen molar-refractivity contribution in [2.75, 3.05) is 16.0 Å². The molecule has 4 rings (SSSR count). The number of rotatable bonds is 5. The minimum Gasteiger partial charge on any atom is -0.325 e. The van der Waals surface area contributed by atoms with Crippen LogP contribution < -0.4 is 10.2 Å². The molecule has 30 heavy (non-hydrogen) atoms. The fraction of sp³-hybridized carbons (Fsp3) is 0.167. The second-order valence-electron chi connectivity index (χ2n) is 7.10. The number of halogens is 1. The van der Waals surface area contributed by atoms with Crippen molar-refractivity contribution >= 4 is 46.6 Å². The van der Waals surface area contributed by atoms with Gasteiger partial charge >= 0.3 is 0 Å². The average Bonchev–Trinajstić information content (AvgIpc) is 3.16. The molecular weight excluding hydrogens is 416 g/mol. The van der Waals surface area contributed by atoms with E-state index in [-0.39, 0.29) is 17.2 Å². The van der Waals surface area contributed by atoms with E-state index < -0.39 is 5.38 Å². The summed E-state index contributed by atoms with van der Waals surface area (Å²) >= 11 is 7.90. The van der Waals surface area contributed by atoms with Crippen LogP contribution in [-0.2, 0) is 9.59 Å². The van der Waals surface area contributed by atoms with Crippen molar-refractivity contribution in [1.82, 2.24) is 0 Å². The number of carbonyl (C=O) groups is 2. The first-order valence-corrected chi connectivity index (χ1v) is 11.1. The number of thioether (sulfide) groups is 1. The number of para-hydroxylation sites is 1. The van der Waals surface area contributed by atoms with Crippen LogP contribution in [0.5, 0.6) is 0 Å². The predicted molar refractivity (Wildman–Crippen MR) is 124 cm³/mol. The Hall–Kier alpha value is -2.76. The summed E-state index contributed by atoms with van der Waals surface area (Å²) in [5.41, 5.74) is 4.43. The van der Waals surface area contributed by atoms with E-state index in [9.17, 15) is 9.59 Å². The first-order valence-electron chi connectivity index (χ1n) is 9.64. The van der Waals surface area contributed by atoms with Crippen LogP contribution in [0.4, 0.5) is 11.4 Å². The zero-order valence-electron chi connectivity index (χ0n) is 16.4. The van der Waals surface area contributed by atoms with E-state index in [4.69, 9.17) is 11.6 Å². The second-order valence-corrected chi connectivity index (χ2v) is 8.60. The standard InChI is InChI=1S/C24H21ClN2O2S/c1-16-7-5-6-10-20(16)27-21(28)15-30-24(27)18-11-13-19(14-12-18)26-23(29)22(25)17-8-3-2-4-9-17/h2-14,22,24H,15H2,1H3,(H,26,29). The molecule has 3 aromatic rings. The van der Waals surface area contributed by atoms with E-state index in [1.165, 1.54) is 0 Å². The Morgan fingerprint density at radius 2 is 1.70 bits per heavy atom. The summed E-state index contributed by atoms with van der Waals surface area (Å²) in [7, 11) is 0.